The number of aryl methyl sites for hydroxylation is 1. The Morgan fingerprint density at radius 3 is 2.70 bits per heavy atom. The van der Waals surface area contributed by atoms with Crippen molar-refractivity contribution in [3.05, 3.63) is 53.1 Å². The summed E-state index contributed by atoms with van der Waals surface area (Å²) in [6, 6.07) is 4.83. The van der Waals surface area contributed by atoms with Crippen molar-refractivity contribution >= 4 is 6.09 Å². The van der Waals surface area contributed by atoms with Crippen LogP contribution >= 0.6 is 0 Å². The second-order valence-electron chi connectivity index (χ2n) is 7.20. The summed E-state index contributed by atoms with van der Waals surface area (Å²) in [6.07, 6.45) is -0.664. The van der Waals surface area contributed by atoms with Crippen molar-refractivity contribution < 1.29 is 23.1 Å². The summed E-state index contributed by atoms with van der Waals surface area (Å²) in [5.74, 6) is 1.47. The highest BCUT2D eigenvalue weighted by molar-refractivity contribution is 5.66. The van der Waals surface area contributed by atoms with Crippen molar-refractivity contribution in [2.24, 2.45) is 0 Å². The third kappa shape index (κ3) is 3.52. The average Bonchev–Trinajstić information content (AvgIpc) is 3.37. The van der Waals surface area contributed by atoms with Gasteiger partial charge >= 0.3 is 12.3 Å². The van der Waals surface area contributed by atoms with E-state index in [4.69, 9.17) is 0 Å². The van der Waals surface area contributed by atoms with Crippen LogP contribution in [0.5, 0.6) is 0 Å². The number of alkyl halides is 3. The highest BCUT2D eigenvalue weighted by Gasteiger charge is 2.36. The fourth-order valence-corrected chi connectivity index (χ4v) is 3.84. The number of rotatable bonds is 4. The molecule has 8 heteroatoms. The Kier molecular flexibility index (Phi) is 4.36. The predicted molar refractivity (Wildman–Crippen MR) is 91.4 cm³/mol. The molecule has 1 amide bonds. The lowest BCUT2D eigenvalue weighted by atomic mass is 9.99. The summed E-state index contributed by atoms with van der Waals surface area (Å²) in [4.78, 5) is 17.5. The smallest absolute Gasteiger partial charge is 0.416 e. The topological polar surface area (TPSA) is 58.4 Å². The molecule has 4 rings (SSSR count). The number of nitrogens with zero attached hydrogens (tertiary/aromatic N) is 3. The second-order valence-corrected chi connectivity index (χ2v) is 7.20. The summed E-state index contributed by atoms with van der Waals surface area (Å²) in [5, 5.41) is 9.56. The fraction of sp³-hybridized carbons (Fsp3) is 0.474. The van der Waals surface area contributed by atoms with E-state index in [1.807, 2.05) is 0 Å². The van der Waals surface area contributed by atoms with Crippen LogP contribution in [0.3, 0.4) is 0 Å². The Labute approximate surface area is 154 Å². The van der Waals surface area contributed by atoms with E-state index in [0.717, 1.165) is 36.5 Å². The first-order valence-corrected chi connectivity index (χ1v) is 9.05. The molecule has 1 saturated carbocycles. The van der Waals surface area contributed by atoms with Gasteiger partial charge in [0.1, 0.15) is 5.82 Å². The van der Waals surface area contributed by atoms with Crippen molar-refractivity contribution in [1.82, 2.24) is 14.5 Å². The fourth-order valence-electron chi connectivity index (χ4n) is 3.84. The molecular formula is C19H20F3N3O2. The largest absolute Gasteiger partial charge is 0.465 e. The Morgan fingerprint density at radius 1 is 1.26 bits per heavy atom. The van der Waals surface area contributed by atoms with Gasteiger partial charge in [-0.25, -0.2) is 9.78 Å². The van der Waals surface area contributed by atoms with E-state index in [-0.39, 0.29) is 0 Å². The van der Waals surface area contributed by atoms with E-state index in [1.54, 1.807) is 12.3 Å². The minimum atomic E-state index is -4.38. The molecule has 0 spiro atoms. The average molecular weight is 379 g/mol. The van der Waals surface area contributed by atoms with Crippen LogP contribution in [0.25, 0.3) is 0 Å². The molecule has 0 bridgehead atoms. The summed E-state index contributed by atoms with van der Waals surface area (Å²) < 4.78 is 40.8. The normalized spacial score (nSPS) is 19.8. The van der Waals surface area contributed by atoms with Gasteiger partial charge < -0.3 is 9.67 Å². The van der Waals surface area contributed by atoms with Crippen molar-refractivity contribution in [3.63, 3.8) is 0 Å². The van der Waals surface area contributed by atoms with Crippen LogP contribution in [-0.2, 0) is 19.1 Å². The van der Waals surface area contributed by atoms with Crippen LogP contribution in [0, 0.1) is 0 Å². The Morgan fingerprint density at radius 2 is 2.04 bits per heavy atom. The molecule has 1 fully saturated rings. The molecule has 144 valence electrons. The quantitative estimate of drug-likeness (QED) is 0.854. The van der Waals surface area contributed by atoms with Gasteiger partial charge in [-0.2, -0.15) is 13.2 Å². The molecule has 1 aliphatic carbocycles. The molecule has 1 aromatic heterocycles. The molecule has 1 atom stereocenters. The van der Waals surface area contributed by atoms with Crippen LogP contribution in [0.4, 0.5) is 18.0 Å². The molecule has 2 aliphatic rings. The minimum Gasteiger partial charge on any atom is -0.465 e. The summed E-state index contributed by atoms with van der Waals surface area (Å²) in [7, 11) is 0. The molecule has 1 unspecified atom stereocenters. The number of halogens is 3. The molecule has 1 N–H and O–H groups in total. The molecular weight excluding hydrogens is 359 g/mol. The van der Waals surface area contributed by atoms with Crippen LogP contribution in [0.15, 0.2) is 30.5 Å². The lowest BCUT2D eigenvalue weighted by molar-refractivity contribution is -0.137. The third-order valence-corrected chi connectivity index (χ3v) is 5.35. The van der Waals surface area contributed by atoms with Gasteiger partial charge in [0.25, 0.3) is 0 Å². The van der Waals surface area contributed by atoms with Crippen molar-refractivity contribution in [1.29, 1.82) is 0 Å². The van der Waals surface area contributed by atoms with Crippen LogP contribution < -0.4 is 0 Å². The van der Waals surface area contributed by atoms with Crippen molar-refractivity contribution in [2.45, 2.75) is 50.4 Å². The standard InChI is InChI=1S/C19H20F3N3O2/c20-19(21,22)14-3-1-2-12(10-14)4-7-15-16-11-23-17(13-5-6-13)24(16)8-9-25(15)18(26)27/h1-3,10-11,13,15H,4-9H2,(H,26,27). The number of carbonyl (C=O) groups is 1. The zero-order valence-corrected chi connectivity index (χ0v) is 14.6. The highest BCUT2D eigenvalue weighted by atomic mass is 19.4. The lowest BCUT2D eigenvalue weighted by Gasteiger charge is -2.35. The van der Waals surface area contributed by atoms with Gasteiger partial charge in [-0.3, -0.25) is 4.90 Å². The van der Waals surface area contributed by atoms with Gasteiger partial charge in [0.2, 0.25) is 0 Å². The van der Waals surface area contributed by atoms with E-state index in [0.29, 0.717) is 37.4 Å². The molecule has 5 nitrogen and oxygen atoms in total. The van der Waals surface area contributed by atoms with Crippen LogP contribution in [0.2, 0.25) is 0 Å². The Bertz CT molecular complexity index is 858. The number of hydrogen-bond acceptors (Lipinski definition) is 2. The van der Waals surface area contributed by atoms with E-state index in [1.165, 1.54) is 11.0 Å². The maximum absolute atomic E-state index is 12.9. The molecule has 1 aliphatic heterocycles. The molecule has 0 radical (unpaired) electrons. The molecule has 1 aromatic carbocycles. The number of carboxylic acid groups (broad SMARTS) is 1. The van der Waals surface area contributed by atoms with Gasteiger partial charge in [0.15, 0.2) is 0 Å². The van der Waals surface area contributed by atoms with Gasteiger partial charge in [-0.1, -0.05) is 18.2 Å². The van der Waals surface area contributed by atoms with E-state index in [9.17, 15) is 23.1 Å². The SMILES string of the molecule is O=C(O)N1CCn2c(cnc2C2CC2)C1CCc1cccc(C(F)(F)F)c1. The Hall–Kier alpha value is -2.51. The number of aromatic nitrogens is 2. The number of fused-ring (bicyclic) bond motifs is 1. The van der Waals surface area contributed by atoms with E-state index < -0.39 is 23.9 Å². The van der Waals surface area contributed by atoms with Gasteiger partial charge in [0.05, 0.1) is 23.5 Å². The zero-order chi connectivity index (χ0) is 19.2. The van der Waals surface area contributed by atoms with Crippen molar-refractivity contribution in [3.8, 4) is 0 Å². The van der Waals surface area contributed by atoms with Crippen LogP contribution in [0.1, 0.15) is 53.9 Å². The zero-order valence-electron chi connectivity index (χ0n) is 14.6. The molecule has 27 heavy (non-hydrogen) atoms. The monoisotopic (exact) mass is 379 g/mol. The highest BCUT2D eigenvalue weighted by Crippen LogP contribution is 2.42. The molecule has 0 saturated heterocycles. The first kappa shape index (κ1) is 17.9. The Balaban J connectivity index is 1.57. The maximum Gasteiger partial charge on any atom is 0.416 e. The minimum absolute atomic E-state index is 0.363. The van der Waals surface area contributed by atoms with Gasteiger partial charge in [0, 0.05) is 19.0 Å². The summed E-state index contributed by atoms with van der Waals surface area (Å²) in [5.41, 5.74) is 0.714. The summed E-state index contributed by atoms with van der Waals surface area (Å²) in [6.45, 7) is 0.944. The maximum atomic E-state index is 12.9. The summed E-state index contributed by atoms with van der Waals surface area (Å²) >= 11 is 0. The first-order chi connectivity index (χ1) is 12.8. The lowest BCUT2D eigenvalue weighted by Crippen LogP contribution is -2.41. The second kappa shape index (κ2) is 6.58. The van der Waals surface area contributed by atoms with Gasteiger partial charge in [-0.05, 0) is 37.3 Å². The number of benzene rings is 1. The van der Waals surface area contributed by atoms with E-state index in [2.05, 4.69) is 9.55 Å². The van der Waals surface area contributed by atoms with Crippen molar-refractivity contribution in [2.75, 3.05) is 6.54 Å². The third-order valence-electron chi connectivity index (χ3n) is 5.35. The van der Waals surface area contributed by atoms with Gasteiger partial charge in [-0.15, -0.1) is 0 Å². The molecule has 2 aromatic rings. The number of hydrogen-bond donors (Lipinski definition) is 1. The number of amides is 1. The predicted octanol–water partition coefficient (Wildman–Crippen LogP) is 4.45. The van der Waals surface area contributed by atoms with E-state index >= 15 is 0 Å². The number of imidazole rings is 1. The first-order valence-electron chi connectivity index (χ1n) is 9.05. The van der Waals surface area contributed by atoms with Crippen LogP contribution in [-0.4, -0.2) is 32.2 Å². The molecule has 2 heterocycles.